The maximum absolute atomic E-state index is 11.2. The third kappa shape index (κ3) is 4.78. The Balaban J connectivity index is 2.34. The first kappa shape index (κ1) is 12.7. The monoisotopic (exact) mass is 240 g/mol. The van der Waals surface area contributed by atoms with Crippen LogP contribution in [0.15, 0.2) is 12.3 Å². The maximum atomic E-state index is 11.2. The molecule has 1 heterocycles. The van der Waals surface area contributed by atoms with Gasteiger partial charge in [0.2, 0.25) is 5.91 Å². The van der Waals surface area contributed by atoms with E-state index in [1.807, 2.05) is 5.32 Å². The average molecular weight is 240 g/mol. The molecule has 92 valence electrons. The molecule has 0 unspecified atom stereocenters. The fourth-order valence-electron chi connectivity index (χ4n) is 1.04. The number of carbonyl (C=O) groups is 3. The van der Waals surface area contributed by atoms with Crippen LogP contribution in [0.3, 0.4) is 0 Å². The highest BCUT2D eigenvalue weighted by Crippen LogP contribution is 2.00. The minimum Gasteiger partial charge on any atom is -0.481 e. The predicted octanol–water partition coefficient (Wildman–Crippen LogP) is -0.0670. The van der Waals surface area contributed by atoms with Crippen LogP contribution in [0.4, 0.5) is 10.6 Å². The number of aryl methyl sites for hydroxylation is 1. The summed E-state index contributed by atoms with van der Waals surface area (Å²) in [5.74, 6) is -1.44. The van der Waals surface area contributed by atoms with Crippen molar-refractivity contribution in [2.75, 3.05) is 5.32 Å². The normalized spacial score (nSPS) is 9.71. The summed E-state index contributed by atoms with van der Waals surface area (Å²) in [4.78, 5) is 32.5. The van der Waals surface area contributed by atoms with E-state index < -0.39 is 17.9 Å². The first-order chi connectivity index (χ1) is 7.97. The van der Waals surface area contributed by atoms with Crippen LogP contribution in [0.2, 0.25) is 0 Å². The van der Waals surface area contributed by atoms with Crippen LogP contribution in [-0.2, 0) is 16.6 Å². The highest BCUT2D eigenvalue weighted by atomic mass is 16.4. The predicted molar refractivity (Wildman–Crippen MR) is 57.2 cm³/mol. The molecule has 0 aliphatic carbocycles. The number of urea groups is 1. The third-order valence-electron chi connectivity index (χ3n) is 1.77. The molecule has 3 N–H and O–H groups in total. The zero-order chi connectivity index (χ0) is 12.8. The molecular weight excluding hydrogens is 228 g/mol. The minimum absolute atomic E-state index is 0.245. The van der Waals surface area contributed by atoms with E-state index in [0.29, 0.717) is 5.82 Å². The molecule has 0 fully saturated rings. The largest absolute Gasteiger partial charge is 0.481 e. The van der Waals surface area contributed by atoms with Crippen molar-refractivity contribution in [2.24, 2.45) is 7.05 Å². The van der Waals surface area contributed by atoms with Gasteiger partial charge in [0.25, 0.3) is 0 Å². The van der Waals surface area contributed by atoms with E-state index >= 15 is 0 Å². The van der Waals surface area contributed by atoms with Gasteiger partial charge >= 0.3 is 12.0 Å². The molecule has 0 bridgehead atoms. The van der Waals surface area contributed by atoms with Gasteiger partial charge in [-0.15, -0.1) is 0 Å². The van der Waals surface area contributed by atoms with Gasteiger partial charge < -0.3 is 5.11 Å². The summed E-state index contributed by atoms with van der Waals surface area (Å²) in [7, 11) is 1.68. The van der Waals surface area contributed by atoms with Crippen LogP contribution in [0.5, 0.6) is 0 Å². The van der Waals surface area contributed by atoms with Gasteiger partial charge in [-0.3, -0.25) is 24.9 Å². The standard InChI is InChI=1S/C9H12N4O4/c1-13-5-4-6(12-13)10-9(17)11-7(14)2-3-8(15)16/h4-5H,2-3H2,1H3,(H,15,16)(H2,10,11,12,14,17). The molecule has 0 saturated heterocycles. The van der Waals surface area contributed by atoms with Crippen LogP contribution < -0.4 is 10.6 Å². The SMILES string of the molecule is Cn1ccc(NC(=O)NC(=O)CCC(=O)O)n1. The number of hydrogen-bond donors (Lipinski definition) is 3. The van der Waals surface area contributed by atoms with Crippen molar-refractivity contribution in [1.82, 2.24) is 15.1 Å². The van der Waals surface area contributed by atoms with Gasteiger partial charge in [0.05, 0.1) is 6.42 Å². The second kappa shape index (κ2) is 5.64. The van der Waals surface area contributed by atoms with Gasteiger partial charge in [-0.2, -0.15) is 5.10 Å². The first-order valence-corrected chi connectivity index (χ1v) is 4.79. The summed E-state index contributed by atoms with van der Waals surface area (Å²) in [5, 5.41) is 16.5. The number of aromatic nitrogens is 2. The van der Waals surface area contributed by atoms with Crippen LogP contribution in [-0.4, -0.2) is 32.8 Å². The molecule has 17 heavy (non-hydrogen) atoms. The van der Waals surface area contributed by atoms with E-state index in [1.54, 1.807) is 19.3 Å². The second-order valence-electron chi connectivity index (χ2n) is 3.27. The maximum Gasteiger partial charge on any atom is 0.327 e. The number of amides is 3. The van der Waals surface area contributed by atoms with Crippen molar-refractivity contribution in [2.45, 2.75) is 12.8 Å². The molecule has 3 amide bonds. The molecule has 1 aromatic rings. The Morgan fingerprint density at radius 1 is 1.41 bits per heavy atom. The highest BCUT2D eigenvalue weighted by molar-refractivity contribution is 6.01. The third-order valence-corrected chi connectivity index (χ3v) is 1.77. The fraction of sp³-hybridized carbons (Fsp3) is 0.333. The number of nitrogens with zero attached hydrogens (tertiary/aromatic N) is 2. The zero-order valence-electron chi connectivity index (χ0n) is 9.14. The van der Waals surface area contributed by atoms with E-state index in [1.165, 1.54) is 4.68 Å². The Labute approximate surface area is 96.6 Å². The van der Waals surface area contributed by atoms with Crippen molar-refractivity contribution < 1.29 is 19.5 Å². The second-order valence-corrected chi connectivity index (χ2v) is 3.27. The molecule has 8 nitrogen and oxygen atoms in total. The molecule has 0 aliphatic heterocycles. The van der Waals surface area contributed by atoms with Gasteiger partial charge in [0.1, 0.15) is 0 Å². The summed E-state index contributed by atoms with van der Waals surface area (Å²) in [5.41, 5.74) is 0. The molecule has 8 heteroatoms. The van der Waals surface area contributed by atoms with Gasteiger partial charge in [-0.05, 0) is 0 Å². The Morgan fingerprint density at radius 2 is 2.12 bits per heavy atom. The number of anilines is 1. The van der Waals surface area contributed by atoms with E-state index in [-0.39, 0.29) is 12.8 Å². The number of carboxylic acid groups (broad SMARTS) is 1. The van der Waals surface area contributed by atoms with Crippen molar-refractivity contribution in [1.29, 1.82) is 0 Å². The van der Waals surface area contributed by atoms with E-state index in [2.05, 4.69) is 10.4 Å². The van der Waals surface area contributed by atoms with Gasteiger partial charge in [0, 0.05) is 25.7 Å². The van der Waals surface area contributed by atoms with E-state index in [0.717, 1.165) is 0 Å². The minimum atomic E-state index is -1.09. The molecule has 0 aliphatic rings. The number of hydrogen-bond acceptors (Lipinski definition) is 4. The molecule has 0 spiro atoms. The van der Waals surface area contributed by atoms with Crippen LogP contribution in [0.1, 0.15) is 12.8 Å². The molecule has 1 aromatic heterocycles. The molecule has 1 rings (SSSR count). The molecule has 0 atom stereocenters. The first-order valence-electron chi connectivity index (χ1n) is 4.79. The highest BCUT2D eigenvalue weighted by Gasteiger charge is 2.10. The topological polar surface area (TPSA) is 113 Å². The van der Waals surface area contributed by atoms with Gasteiger partial charge in [-0.1, -0.05) is 0 Å². The number of aliphatic carboxylic acids is 1. The van der Waals surface area contributed by atoms with Crippen LogP contribution in [0, 0.1) is 0 Å². The molecule has 0 aromatic carbocycles. The summed E-state index contributed by atoms with van der Waals surface area (Å²) >= 11 is 0. The number of imide groups is 1. The molecule has 0 radical (unpaired) electrons. The van der Waals surface area contributed by atoms with Crippen molar-refractivity contribution in [3.8, 4) is 0 Å². The number of carboxylic acids is 1. The van der Waals surface area contributed by atoms with Crippen molar-refractivity contribution >= 4 is 23.7 Å². The Morgan fingerprint density at radius 3 is 2.65 bits per heavy atom. The summed E-state index contributed by atoms with van der Waals surface area (Å²) in [6.07, 6.45) is 1.07. The Kier molecular flexibility index (Phi) is 4.21. The fourth-order valence-corrected chi connectivity index (χ4v) is 1.04. The smallest absolute Gasteiger partial charge is 0.327 e. The van der Waals surface area contributed by atoms with Gasteiger partial charge in [0.15, 0.2) is 5.82 Å². The van der Waals surface area contributed by atoms with Gasteiger partial charge in [-0.25, -0.2) is 4.79 Å². The lowest BCUT2D eigenvalue weighted by atomic mass is 10.3. The number of rotatable bonds is 4. The molecule has 0 saturated carbocycles. The lowest BCUT2D eigenvalue weighted by Crippen LogP contribution is -2.34. The van der Waals surface area contributed by atoms with Crippen molar-refractivity contribution in [3.63, 3.8) is 0 Å². The van der Waals surface area contributed by atoms with E-state index in [9.17, 15) is 14.4 Å². The quantitative estimate of drug-likeness (QED) is 0.681. The Hall–Kier alpha value is -2.38. The summed E-state index contributed by atoms with van der Waals surface area (Å²) in [6, 6.07) is 0.820. The molecular formula is C9H12N4O4. The lowest BCUT2D eigenvalue weighted by molar-refractivity contribution is -0.138. The zero-order valence-corrected chi connectivity index (χ0v) is 9.14. The van der Waals surface area contributed by atoms with Crippen LogP contribution in [0.25, 0.3) is 0 Å². The van der Waals surface area contributed by atoms with Crippen LogP contribution >= 0.6 is 0 Å². The summed E-state index contributed by atoms with van der Waals surface area (Å²) in [6.45, 7) is 0. The Bertz CT molecular complexity index is 440. The number of nitrogens with one attached hydrogen (secondary N) is 2. The van der Waals surface area contributed by atoms with E-state index in [4.69, 9.17) is 5.11 Å². The lowest BCUT2D eigenvalue weighted by Gasteiger charge is -2.03. The average Bonchev–Trinajstić information content (AvgIpc) is 2.60. The number of carbonyl (C=O) groups excluding carboxylic acids is 2. The van der Waals surface area contributed by atoms with Crippen molar-refractivity contribution in [3.05, 3.63) is 12.3 Å². The summed E-state index contributed by atoms with van der Waals surface area (Å²) < 4.78 is 1.49.